The molecule has 4 heteroatoms. The fraction of sp³-hybridized carbons (Fsp3) is 0.333. The summed E-state index contributed by atoms with van der Waals surface area (Å²) in [6, 6.07) is 9.95. The first-order chi connectivity index (χ1) is 10.6. The van der Waals surface area contributed by atoms with Crippen LogP contribution in [-0.4, -0.2) is 24.0 Å². The van der Waals surface area contributed by atoms with Gasteiger partial charge in [0.15, 0.2) is 0 Å². The fourth-order valence-electron chi connectivity index (χ4n) is 2.26. The van der Waals surface area contributed by atoms with E-state index < -0.39 is 0 Å². The van der Waals surface area contributed by atoms with Crippen molar-refractivity contribution in [3.05, 3.63) is 59.4 Å². The molecule has 1 aromatic heterocycles. The van der Waals surface area contributed by atoms with Crippen LogP contribution in [0.1, 0.15) is 23.1 Å². The highest BCUT2D eigenvalue weighted by atomic mass is 16.5. The van der Waals surface area contributed by atoms with Crippen molar-refractivity contribution in [1.82, 2.24) is 10.3 Å². The number of benzene rings is 1. The van der Waals surface area contributed by atoms with Crippen LogP contribution < -0.4 is 10.1 Å². The molecule has 1 aromatic carbocycles. The molecule has 0 saturated heterocycles. The SMILES string of the molecule is Cc1cc(C)cc(OCCC(=O)NCCc2cccnc2)c1. The lowest BCUT2D eigenvalue weighted by atomic mass is 10.1. The van der Waals surface area contributed by atoms with E-state index in [1.807, 2.05) is 44.3 Å². The summed E-state index contributed by atoms with van der Waals surface area (Å²) in [6.45, 7) is 5.08. The molecule has 2 aromatic rings. The normalized spacial score (nSPS) is 10.3. The summed E-state index contributed by atoms with van der Waals surface area (Å²) in [4.78, 5) is 15.8. The second-order valence-corrected chi connectivity index (χ2v) is 5.38. The molecule has 1 amide bonds. The van der Waals surface area contributed by atoms with Crippen LogP contribution in [0.2, 0.25) is 0 Å². The minimum absolute atomic E-state index is 0.00765. The lowest BCUT2D eigenvalue weighted by Crippen LogP contribution is -2.27. The molecule has 116 valence electrons. The topological polar surface area (TPSA) is 51.2 Å². The van der Waals surface area contributed by atoms with Crippen molar-refractivity contribution < 1.29 is 9.53 Å². The van der Waals surface area contributed by atoms with E-state index in [4.69, 9.17) is 4.74 Å². The summed E-state index contributed by atoms with van der Waals surface area (Å²) in [6.07, 6.45) is 4.71. The smallest absolute Gasteiger partial charge is 0.223 e. The van der Waals surface area contributed by atoms with E-state index in [-0.39, 0.29) is 5.91 Å². The molecule has 1 N–H and O–H groups in total. The molecule has 0 aliphatic heterocycles. The van der Waals surface area contributed by atoms with Crippen LogP contribution in [0.15, 0.2) is 42.7 Å². The molecule has 0 unspecified atom stereocenters. The number of ether oxygens (including phenoxy) is 1. The highest BCUT2D eigenvalue weighted by Crippen LogP contribution is 2.16. The van der Waals surface area contributed by atoms with E-state index in [1.165, 1.54) is 0 Å². The Morgan fingerprint density at radius 2 is 2.00 bits per heavy atom. The molecule has 0 saturated carbocycles. The first-order valence-corrected chi connectivity index (χ1v) is 7.50. The van der Waals surface area contributed by atoms with Crippen LogP contribution in [0.25, 0.3) is 0 Å². The van der Waals surface area contributed by atoms with Crippen LogP contribution >= 0.6 is 0 Å². The molecule has 0 spiro atoms. The van der Waals surface area contributed by atoms with Crippen LogP contribution in [0.3, 0.4) is 0 Å². The number of aryl methyl sites for hydroxylation is 2. The predicted molar refractivity (Wildman–Crippen MR) is 87.0 cm³/mol. The van der Waals surface area contributed by atoms with Crippen LogP contribution in [0.4, 0.5) is 0 Å². The third kappa shape index (κ3) is 5.56. The van der Waals surface area contributed by atoms with Gasteiger partial charge in [-0.15, -0.1) is 0 Å². The summed E-state index contributed by atoms with van der Waals surface area (Å²) >= 11 is 0. The Morgan fingerprint density at radius 3 is 2.68 bits per heavy atom. The zero-order chi connectivity index (χ0) is 15.8. The van der Waals surface area contributed by atoms with Crippen molar-refractivity contribution in [2.45, 2.75) is 26.7 Å². The number of hydrogen-bond donors (Lipinski definition) is 1. The summed E-state index contributed by atoms with van der Waals surface area (Å²) in [5.74, 6) is 0.828. The van der Waals surface area contributed by atoms with E-state index >= 15 is 0 Å². The third-order valence-corrected chi connectivity index (χ3v) is 3.25. The predicted octanol–water partition coefficient (Wildman–Crippen LogP) is 2.83. The minimum Gasteiger partial charge on any atom is -0.493 e. The highest BCUT2D eigenvalue weighted by Gasteiger charge is 2.03. The standard InChI is InChI=1S/C18H22N2O2/c1-14-10-15(2)12-17(11-14)22-9-6-18(21)20-8-5-16-4-3-7-19-13-16/h3-4,7,10-13H,5-6,8-9H2,1-2H3,(H,20,21). The van der Waals surface area contributed by atoms with Gasteiger partial charge in [0.1, 0.15) is 5.75 Å². The van der Waals surface area contributed by atoms with Gasteiger partial charge in [-0.2, -0.15) is 0 Å². The molecule has 1 heterocycles. The molecule has 22 heavy (non-hydrogen) atoms. The van der Waals surface area contributed by atoms with Gasteiger partial charge >= 0.3 is 0 Å². The molecular formula is C18H22N2O2. The number of pyridine rings is 1. The molecule has 0 atom stereocenters. The fourth-order valence-corrected chi connectivity index (χ4v) is 2.26. The van der Waals surface area contributed by atoms with Crippen molar-refractivity contribution >= 4 is 5.91 Å². The summed E-state index contributed by atoms with van der Waals surface area (Å²) in [5.41, 5.74) is 3.45. The molecule has 2 rings (SSSR count). The lowest BCUT2D eigenvalue weighted by molar-refractivity contribution is -0.121. The second-order valence-electron chi connectivity index (χ2n) is 5.38. The third-order valence-electron chi connectivity index (χ3n) is 3.25. The van der Waals surface area contributed by atoms with Crippen molar-refractivity contribution in [2.24, 2.45) is 0 Å². The summed E-state index contributed by atoms with van der Waals surface area (Å²) in [7, 11) is 0. The second kappa shape index (κ2) is 8.17. The van der Waals surface area contributed by atoms with Crippen molar-refractivity contribution in [3.63, 3.8) is 0 Å². The van der Waals surface area contributed by atoms with Gasteiger partial charge in [-0.05, 0) is 55.2 Å². The van der Waals surface area contributed by atoms with Gasteiger partial charge < -0.3 is 10.1 Å². The lowest BCUT2D eigenvalue weighted by Gasteiger charge is -2.09. The molecule has 0 bridgehead atoms. The maximum atomic E-state index is 11.8. The van der Waals surface area contributed by atoms with Crippen molar-refractivity contribution in [2.75, 3.05) is 13.2 Å². The molecular weight excluding hydrogens is 276 g/mol. The van der Waals surface area contributed by atoms with E-state index in [2.05, 4.69) is 16.4 Å². The Bertz CT molecular complexity index is 591. The first-order valence-electron chi connectivity index (χ1n) is 7.50. The zero-order valence-corrected chi connectivity index (χ0v) is 13.1. The maximum absolute atomic E-state index is 11.8. The van der Waals surface area contributed by atoms with E-state index in [0.717, 1.165) is 28.9 Å². The van der Waals surface area contributed by atoms with Gasteiger partial charge in [0.2, 0.25) is 5.91 Å². The molecule has 0 fully saturated rings. The Morgan fingerprint density at radius 1 is 1.23 bits per heavy atom. The quantitative estimate of drug-likeness (QED) is 0.855. The van der Waals surface area contributed by atoms with Gasteiger partial charge in [0.25, 0.3) is 0 Å². The molecule has 4 nitrogen and oxygen atoms in total. The average molecular weight is 298 g/mol. The zero-order valence-electron chi connectivity index (χ0n) is 13.1. The van der Waals surface area contributed by atoms with Crippen molar-refractivity contribution in [3.8, 4) is 5.75 Å². The van der Waals surface area contributed by atoms with Crippen LogP contribution in [0.5, 0.6) is 5.75 Å². The number of amides is 1. The summed E-state index contributed by atoms with van der Waals surface area (Å²) < 4.78 is 5.63. The number of rotatable bonds is 7. The monoisotopic (exact) mass is 298 g/mol. The van der Waals surface area contributed by atoms with Gasteiger partial charge in [-0.1, -0.05) is 12.1 Å². The average Bonchev–Trinajstić information content (AvgIpc) is 2.47. The Kier molecular flexibility index (Phi) is 5.95. The number of carbonyl (C=O) groups excluding carboxylic acids is 1. The Balaban J connectivity index is 1.65. The van der Waals surface area contributed by atoms with Crippen molar-refractivity contribution in [1.29, 1.82) is 0 Å². The van der Waals surface area contributed by atoms with Gasteiger partial charge in [0, 0.05) is 18.9 Å². The maximum Gasteiger partial charge on any atom is 0.223 e. The number of carbonyl (C=O) groups is 1. The van der Waals surface area contributed by atoms with Gasteiger partial charge in [-0.3, -0.25) is 9.78 Å². The van der Waals surface area contributed by atoms with E-state index in [0.29, 0.717) is 19.6 Å². The van der Waals surface area contributed by atoms with E-state index in [9.17, 15) is 4.79 Å². The number of nitrogens with zero attached hydrogens (tertiary/aromatic N) is 1. The Hall–Kier alpha value is -2.36. The first kappa shape index (κ1) is 16.0. The molecule has 0 aliphatic carbocycles. The summed E-state index contributed by atoms with van der Waals surface area (Å²) in [5, 5.41) is 2.89. The number of nitrogens with one attached hydrogen (secondary N) is 1. The van der Waals surface area contributed by atoms with E-state index in [1.54, 1.807) is 6.20 Å². The highest BCUT2D eigenvalue weighted by molar-refractivity contribution is 5.75. The number of aromatic nitrogens is 1. The Labute approximate surface area is 131 Å². The number of hydrogen-bond acceptors (Lipinski definition) is 3. The minimum atomic E-state index is 0.00765. The van der Waals surface area contributed by atoms with Gasteiger partial charge in [-0.25, -0.2) is 0 Å². The van der Waals surface area contributed by atoms with Crippen LogP contribution in [0, 0.1) is 13.8 Å². The largest absolute Gasteiger partial charge is 0.493 e. The molecule has 0 radical (unpaired) electrons. The van der Waals surface area contributed by atoms with Crippen LogP contribution in [-0.2, 0) is 11.2 Å². The van der Waals surface area contributed by atoms with Gasteiger partial charge in [0.05, 0.1) is 13.0 Å². The molecule has 0 aliphatic rings.